The van der Waals surface area contributed by atoms with Gasteiger partial charge in [0, 0.05) is 5.69 Å². The largest absolute Gasteiger partial charge is 0.494 e. The molecule has 1 aromatic carbocycles. The molecule has 4 rings (SSSR count). The molecule has 0 saturated carbocycles. The molecule has 3 saturated heterocycles. The molecule has 3 aliphatic heterocycles. The van der Waals surface area contributed by atoms with Gasteiger partial charge < -0.3 is 33.7 Å². The minimum absolute atomic E-state index is 0.324. The number of benzene rings is 1. The molecule has 0 unspecified atom stereocenters. The molecular formula is C21H29NO7. The van der Waals surface area contributed by atoms with Crippen molar-refractivity contribution in [3.8, 4) is 5.75 Å². The van der Waals surface area contributed by atoms with Gasteiger partial charge in [-0.05, 0) is 58.4 Å². The van der Waals surface area contributed by atoms with Crippen LogP contribution in [0.2, 0.25) is 0 Å². The number of ether oxygens (including phenoxy) is 6. The molecule has 29 heavy (non-hydrogen) atoms. The molecule has 0 aromatic heterocycles. The van der Waals surface area contributed by atoms with Crippen LogP contribution < -0.4 is 10.1 Å². The molecule has 8 heteroatoms. The Morgan fingerprint density at radius 3 is 2.28 bits per heavy atom. The summed E-state index contributed by atoms with van der Waals surface area (Å²) in [4.78, 5) is 13.0. The predicted molar refractivity (Wildman–Crippen MR) is 103 cm³/mol. The number of carbonyl (C=O) groups excluding carboxylic acids is 1. The van der Waals surface area contributed by atoms with E-state index in [1.54, 1.807) is 12.1 Å². The van der Waals surface area contributed by atoms with Gasteiger partial charge in [0.25, 0.3) is 5.91 Å². The first-order valence-corrected chi connectivity index (χ1v) is 10.1. The zero-order valence-corrected chi connectivity index (χ0v) is 17.5. The third-order valence-electron chi connectivity index (χ3n) is 5.01. The first-order valence-electron chi connectivity index (χ1n) is 10.1. The van der Waals surface area contributed by atoms with Crippen LogP contribution in [0.4, 0.5) is 5.69 Å². The molecule has 8 nitrogen and oxygen atoms in total. The van der Waals surface area contributed by atoms with Crippen molar-refractivity contribution in [1.29, 1.82) is 0 Å². The number of anilines is 1. The highest BCUT2D eigenvalue weighted by atomic mass is 16.9. The second-order valence-electron chi connectivity index (χ2n) is 8.45. The highest BCUT2D eigenvalue weighted by Crippen LogP contribution is 2.44. The van der Waals surface area contributed by atoms with Crippen LogP contribution in [0.1, 0.15) is 41.0 Å². The molecule has 0 radical (unpaired) electrons. The summed E-state index contributed by atoms with van der Waals surface area (Å²) in [6, 6.07) is 7.22. The Hall–Kier alpha value is -1.71. The van der Waals surface area contributed by atoms with E-state index in [0.717, 1.165) is 12.2 Å². The lowest BCUT2D eigenvalue weighted by Crippen LogP contribution is -2.58. The van der Waals surface area contributed by atoms with Crippen molar-refractivity contribution in [3.63, 3.8) is 0 Å². The number of hydrogen-bond donors (Lipinski definition) is 1. The number of amides is 1. The van der Waals surface area contributed by atoms with Gasteiger partial charge in [-0.1, -0.05) is 6.92 Å². The van der Waals surface area contributed by atoms with E-state index in [1.807, 2.05) is 46.8 Å². The number of hydrogen-bond acceptors (Lipinski definition) is 7. The highest BCUT2D eigenvalue weighted by Gasteiger charge is 2.62. The summed E-state index contributed by atoms with van der Waals surface area (Å²) in [6.45, 7) is 9.94. The van der Waals surface area contributed by atoms with E-state index in [2.05, 4.69) is 5.32 Å². The van der Waals surface area contributed by atoms with Gasteiger partial charge >= 0.3 is 0 Å². The van der Waals surface area contributed by atoms with E-state index in [1.165, 1.54) is 0 Å². The molecule has 0 aliphatic carbocycles. The van der Waals surface area contributed by atoms with Gasteiger partial charge in [-0.2, -0.15) is 0 Å². The number of carbonyl (C=O) groups is 1. The molecular weight excluding hydrogens is 378 g/mol. The lowest BCUT2D eigenvalue weighted by Gasteiger charge is -2.36. The Morgan fingerprint density at radius 2 is 1.59 bits per heavy atom. The van der Waals surface area contributed by atoms with E-state index in [9.17, 15) is 4.79 Å². The van der Waals surface area contributed by atoms with Crippen molar-refractivity contribution in [2.24, 2.45) is 0 Å². The summed E-state index contributed by atoms with van der Waals surface area (Å²) in [6.07, 6.45) is -2.19. The van der Waals surface area contributed by atoms with Crippen molar-refractivity contribution in [1.82, 2.24) is 0 Å². The molecule has 1 N–H and O–H groups in total. The average Bonchev–Trinajstić information content (AvgIpc) is 3.14. The molecule has 3 aliphatic rings. The van der Waals surface area contributed by atoms with Crippen LogP contribution in [0, 0.1) is 0 Å². The third-order valence-corrected chi connectivity index (χ3v) is 5.01. The van der Waals surface area contributed by atoms with E-state index in [-0.39, 0.29) is 5.91 Å². The van der Waals surface area contributed by atoms with Gasteiger partial charge in [-0.25, -0.2) is 0 Å². The van der Waals surface area contributed by atoms with E-state index in [0.29, 0.717) is 12.3 Å². The van der Waals surface area contributed by atoms with Crippen molar-refractivity contribution in [2.75, 3.05) is 11.9 Å². The quantitative estimate of drug-likeness (QED) is 0.803. The normalized spacial score (nSPS) is 34.3. The molecule has 160 valence electrons. The summed E-state index contributed by atoms with van der Waals surface area (Å²) >= 11 is 0. The zero-order chi connectivity index (χ0) is 20.8. The maximum atomic E-state index is 13.0. The van der Waals surface area contributed by atoms with Gasteiger partial charge in [0.15, 0.2) is 24.0 Å². The van der Waals surface area contributed by atoms with Crippen molar-refractivity contribution in [3.05, 3.63) is 24.3 Å². The summed E-state index contributed by atoms with van der Waals surface area (Å²) in [7, 11) is 0. The van der Waals surface area contributed by atoms with Crippen LogP contribution in [0.5, 0.6) is 5.75 Å². The van der Waals surface area contributed by atoms with Crippen LogP contribution >= 0.6 is 0 Å². The van der Waals surface area contributed by atoms with E-state index >= 15 is 0 Å². The second-order valence-corrected chi connectivity index (χ2v) is 8.45. The summed E-state index contributed by atoms with van der Waals surface area (Å²) < 4.78 is 35.4. The van der Waals surface area contributed by atoms with E-state index in [4.69, 9.17) is 28.4 Å². The molecule has 5 atom stereocenters. The molecule has 1 amide bonds. The Balaban J connectivity index is 1.49. The van der Waals surface area contributed by atoms with Crippen molar-refractivity contribution >= 4 is 11.6 Å². The average molecular weight is 407 g/mol. The highest BCUT2D eigenvalue weighted by molar-refractivity contribution is 5.94. The smallest absolute Gasteiger partial charge is 0.256 e. The molecule has 0 bridgehead atoms. The van der Waals surface area contributed by atoms with Crippen LogP contribution in [0.25, 0.3) is 0 Å². The molecule has 0 spiro atoms. The summed E-state index contributed by atoms with van der Waals surface area (Å²) in [5.74, 6) is -1.24. The van der Waals surface area contributed by atoms with Gasteiger partial charge in [-0.3, -0.25) is 4.79 Å². The maximum absolute atomic E-state index is 13.0. The van der Waals surface area contributed by atoms with Gasteiger partial charge in [0.1, 0.15) is 24.1 Å². The molecule has 3 heterocycles. The summed E-state index contributed by atoms with van der Waals surface area (Å²) in [5, 5.41) is 2.88. The summed E-state index contributed by atoms with van der Waals surface area (Å²) in [5.41, 5.74) is 0.642. The van der Waals surface area contributed by atoms with Crippen LogP contribution in [-0.2, 0) is 28.5 Å². The molecule has 3 fully saturated rings. The lowest BCUT2D eigenvalue weighted by atomic mass is 9.98. The SMILES string of the molecule is CCCOc1ccc(NC(=O)[C@@H]2O[C@@H]3OC(C)(C)O[C@H]3[C@H]3OC(C)(C)O[C@@H]32)cc1. The Kier molecular flexibility index (Phi) is 5.33. The number of rotatable bonds is 5. The fraction of sp³-hybridized carbons (Fsp3) is 0.667. The number of nitrogens with one attached hydrogen (secondary N) is 1. The monoisotopic (exact) mass is 407 g/mol. The second kappa shape index (κ2) is 7.52. The fourth-order valence-electron chi connectivity index (χ4n) is 3.89. The van der Waals surface area contributed by atoms with E-state index < -0.39 is 42.3 Å². The topological polar surface area (TPSA) is 84.5 Å². The first kappa shape index (κ1) is 20.6. The first-order chi connectivity index (χ1) is 13.7. The van der Waals surface area contributed by atoms with Crippen LogP contribution in [0.3, 0.4) is 0 Å². The Bertz CT molecular complexity index is 748. The minimum Gasteiger partial charge on any atom is -0.494 e. The fourth-order valence-corrected chi connectivity index (χ4v) is 3.89. The standard InChI is InChI=1S/C21H29NO7/c1-6-11-24-13-9-7-12(8-10-13)22-18(23)16-14-15(27-20(2,3)26-14)17-19(25-16)29-21(4,5)28-17/h7-10,14-17,19H,6,11H2,1-5H3,(H,22,23)/t14-,15-,16+,17-,19+/m0/s1. The predicted octanol–water partition coefficient (Wildman–Crippen LogP) is 2.81. The zero-order valence-electron chi connectivity index (χ0n) is 17.5. The Labute approximate surface area is 170 Å². The van der Waals surface area contributed by atoms with Crippen molar-refractivity contribution in [2.45, 2.75) is 83.3 Å². The Morgan fingerprint density at radius 1 is 0.966 bits per heavy atom. The third kappa shape index (κ3) is 4.27. The van der Waals surface area contributed by atoms with Gasteiger partial charge in [-0.15, -0.1) is 0 Å². The number of fused-ring (bicyclic) bond motifs is 3. The molecule has 1 aromatic rings. The minimum atomic E-state index is -0.892. The lowest BCUT2D eigenvalue weighted by molar-refractivity contribution is -0.229. The van der Waals surface area contributed by atoms with Crippen LogP contribution in [0.15, 0.2) is 24.3 Å². The maximum Gasteiger partial charge on any atom is 0.256 e. The van der Waals surface area contributed by atoms with Crippen LogP contribution in [-0.4, -0.2) is 54.8 Å². The van der Waals surface area contributed by atoms with Crippen molar-refractivity contribution < 1.29 is 33.2 Å². The van der Waals surface area contributed by atoms with Gasteiger partial charge in [0.05, 0.1) is 6.61 Å². The van der Waals surface area contributed by atoms with Gasteiger partial charge in [0.2, 0.25) is 0 Å².